The minimum absolute atomic E-state index is 0. The average Bonchev–Trinajstić information content (AvgIpc) is 1.59. The normalized spacial score (nSPS) is 10.7. The van der Waals surface area contributed by atoms with E-state index in [2.05, 4.69) is 3.32 Å². The van der Waals surface area contributed by atoms with Crippen molar-refractivity contribution >= 4 is 0 Å². The zero-order valence-corrected chi connectivity index (χ0v) is 7.73. The average molecular weight is 208 g/mol. The fraction of sp³-hybridized carbons (Fsp3) is 1.00. The maximum absolute atomic E-state index is 8.11. The summed E-state index contributed by atoms with van der Waals surface area (Å²) >= 11 is -4.77. The third-order valence-electron chi connectivity index (χ3n) is 0.387. The van der Waals surface area contributed by atoms with E-state index in [4.69, 9.17) is 16.2 Å². The summed E-state index contributed by atoms with van der Waals surface area (Å²) in [6.45, 7) is -0.557. The summed E-state index contributed by atoms with van der Waals surface area (Å²) in [5.41, 5.74) is 0. The van der Waals surface area contributed by atoms with E-state index in [0.717, 1.165) is 0 Å². The molecule has 0 fully saturated rings. The van der Waals surface area contributed by atoms with Crippen LogP contribution < -0.4 is 0 Å². The molecule has 0 saturated heterocycles. The molecule has 0 aliphatic heterocycles. The molecule has 7 heteroatoms. The predicted molar refractivity (Wildman–Crippen MR) is 19.7 cm³/mol. The second kappa shape index (κ2) is 5.97. The molecule has 0 aromatic rings. The Kier molecular flexibility index (Phi) is 8.54. The molecular weight excluding hydrogens is 200 g/mol. The first-order chi connectivity index (χ1) is 3.56. The number of rotatable bonds is 3. The second-order valence-electron chi connectivity index (χ2n) is 1.15. The molecule has 0 saturated carbocycles. The van der Waals surface area contributed by atoms with Gasteiger partial charge in [0.1, 0.15) is 0 Å². The van der Waals surface area contributed by atoms with Crippen LogP contribution in [0.3, 0.4) is 0 Å². The van der Waals surface area contributed by atoms with Gasteiger partial charge in [0.15, 0.2) is 0 Å². The van der Waals surface area contributed by atoms with Crippen molar-refractivity contribution in [3.8, 4) is 0 Å². The van der Waals surface area contributed by atoms with Crippen molar-refractivity contribution in [3.05, 3.63) is 0 Å². The third kappa shape index (κ3) is 12.4. The quantitative estimate of drug-likeness (QED) is 0.394. The van der Waals surface area contributed by atoms with Crippen molar-refractivity contribution in [3.63, 3.8) is 0 Å². The molecule has 0 spiro atoms. The molecule has 0 bridgehead atoms. The van der Waals surface area contributed by atoms with Crippen molar-refractivity contribution in [1.29, 1.82) is 0 Å². The Hall–Kier alpha value is 1.23. The van der Waals surface area contributed by atoms with E-state index in [1.807, 2.05) is 0 Å². The van der Waals surface area contributed by atoms with Gasteiger partial charge in [-0.15, -0.1) is 0 Å². The smallest absolute Gasteiger partial charge is 0 e. The molecule has 5 nitrogen and oxygen atoms in total. The number of hydrogen-bond donors (Lipinski definition) is 4. The molecule has 0 atom stereocenters. The zero-order chi connectivity index (χ0) is 6.62. The topological polar surface area (TPSA) is 90.2 Å². The molecule has 4 N–H and O–H groups in total. The number of aliphatic hydroxyl groups is 1. The van der Waals surface area contributed by atoms with Gasteiger partial charge in [-0.1, -0.05) is 0 Å². The summed E-state index contributed by atoms with van der Waals surface area (Å²) in [6, 6.07) is 0. The Morgan fingerprint density at radius 3 is 1.78 bits per heavy atom. The summed E-state index contributed by atoms with van der Waals surface area (Å²) in [4.78, 5) is 0. The molecule has 0 amide bonds. The van der Waals surface area contributed by atoms with Crippen molar-refractivity contribution in [1.82, 2.24) is 0 Å². The van der Waals surface area contributed by atoms with Crippen molar-refractivity contribution in [2.45, 2.75) is 0 Å². The van der Waals surface area contributed by atoms with Gasteiger partial charge in [-0.3, -0.25) is 0 Å². The van der Waals surface area contributed by atoms with Gasteiger partial charge >= 0.3 is 50.8 Å². The van der Waals surface area contributed by atoms with Crippen molar-refractivity contribution in [2.24, 2.45) is 0 Å². The molecule has 0 radical (unpaired) electrons. The monoisotopic (exact) mass is 208 g/mol. The largest absolute Gasteiger partial charge is 0 e. The molecule has 54 valence electrons. The Morgan fingerprint density at radius 1 is 1.22 bits per heavy atom. The van der Waals surface area contributed by atoms with Crippen molar-refractivity contribution in [2.75, 3.05) is 13.2 Å². The van der Waals surface area contributed by atoms with Crippen LogP contribution in [0.2, 0.25) is 0 Å². The van der Waals surface area contributed by atoms with Gasteiger partial charge in [-0.05, 0) is 0 Å². The predicted octanol–water partition coefficient (Wildman–Crippen LogP) is -2.22. The van der Waals surface area contributed by atoms with Crippen LogP contribution in [0.4, 0.5) is 0 Å². The molecule has 0 aromatic carbocycles. The standard InChI is InChI=1S/C2H5O2.3H2O.2Ti/c3-1-2-4;;;;;/h3H,1-2H2;3*1H2;;/q-1;;;;;+4/p-3. The van der Waals surface area contributed by atoms with Gasteiger partial charge in [-0.2, -0.15) is 0 Å². The third-order valence-corrected chi connectivity index (χ3v) is 1.31. The number of aliphatic hydroxyl groups excluding tert-OH is 1. The SMILES string of the molecule is OCC[O][Ti]([OH])([OH])[OH].[Ti]. The zero-order valence-electron chi connectivity index (χ0n) is 4.61. The van der Waals surface area contributed by atoms with E-state index < -0.39 is 18.1 Å². The van der Waals surface area contributed by atoms with Crippen LogP contribution in [-0.2, 0) is 43.2 Å². The van der Waals surface area contributed by atoms with Crippen LogP contribution in [0.5, 0.6) is 0 Å². The van der Waals surface area contributed by atoms with E-state index in [0.29, 0.717) is 0 Å². The summed E-state index contributed by atoms with van der Waals surface area (Å²) < 4.78 is 28.3. The first kappa shape index (κ1) is 12.9. The van der Waals surface area contributed by atoms with E-state index in [1.165, 1.54) is 0 Å². The van der Waals surface area contributed by atoms with Gasteiger partial charge in [0.25, 0.3) is 0 Å². The van der Waals surface area contributed by atoms with Gasteiger partial charge in [0.05, 0.1) is 0 Å². The molecule has 0 unspecified atom stereocenters. The number of hydrogen-bond acceptors (Lipinski definition) is 5. The maximum Gasteiger partial charge on any atom is 0 e. The second-order valence-corrected chi connectivity index (χ2v) is 3.39. The summed E-state index contributed by atoms with van der Waals surface area (Å²) in [6.07, 6.45) is 0. The Bertz CT molecular complexity index is 60.5. The van der Waals surface area contributed by atoms with E-state index in [-0.39, 0.29) is 34.9 Å². The minimum Gasteiger partial charge on any atom is 0 e. The minimum atomic E-state index is -4.77. The molecule has 0 rings (SSSR count). The molecule has 0 aliphatic rings. The van der Waals surface area contributed by atoms with Crippen LogP contribution in [0.25, 0.3) is 0 Å². The first-order valence-corrected chi connectivity index (χ1v) is 4.71. The Morgan fingerprint density at radius 2 is 1.67 bits per heavy atom. The summed E-state index contributed by atoms with van der Waals surface area (Å²) in [5, 5.41) is 8.00. The van der Waals surface area contributed by atoms with Crippen LogP contribution in [0.15, 0.2) is 0 Å². The van der Waals surface area contributed by atoms with Crippen LogP contribution >= 0.6 is 0 Å². The van der Waals surface area contributed by atoms with E-state index >= 15 is 0 Å². The fourth-order valence-corrected chi connectivity index (χ4v) is 0.753. The van der Waals surface area contributed by atoms with E-state index in [1.54, 1.807) is 0 Å². The first-order valence-electron chi connectivity index (χ1n) is 1.98. The van der Waals surface area contributed by atoms with Gasteiger partial charge in [-0.25, -0.2) is 0 Å². The van der Waals surface area contributed by atoms with Gasteiger partial charge in [0.2, 0.25) is 0 Å². The molecule has 9 heavy (non-hydrogen) atoms. The van der Waals surface area contributed by atoms with Crippen LogP contribution in [0, 0.1) is 0 Å². The van der Waals surface area contributed by atoms with Gasteiger partial charge < -0.3 is 0 Å². The summed E-state index contributed by atoms with van der Waals surface area (Å²) in [5.74, 6) is 0. The summed E-state index contributed by atoms with van der Waals surface area (Å²) in [7, 11) is 0. The van der Waals surface area contributed by atoms with Crippen LogP contribution in [-0.4, -0.2) is 29.4 Å². The molecule has 0 aromatic heterocycles. The van der Waals surface area contributed by atoms with Crippen molar-refractivity contribution < 1.29 is 59.3 Å². The maximum atomic E-state index is 8.11. The van der Waals surface area contributed by atoms with E-state index in [9.17, 15) is 0 Å². The molecule has 0 heterocycles. The fourth-order valence-electron chi connectivity index (χ4n) is 0.183. The molecule has 0 aliphatic carbocycles. The molecular formula is C2H8O5Ti2. The van der Waals surface area contributed by atoms with Gasteiger partial charge in [0, 0.05) is 21.7 Å². The Balaban J connectivity index is 0. The Labute approximate surface area is 72.4 Å². The van der Waals surface area contributed by atoms with Crippen LogP contribution in [0.1, 0.15) is 0 Å².